The Balaban J connectivity index is 2.17. The lowest BCUT2D eigenvalue weighted by Gasteiger charge is -2.40. The van der Waals surface area contributed by atoms with Crippen LogP contribution in [0.3, 0.4) is 0 Å². The van der Waals surface area contributed by atoms with Gasteiger partial charge in [0.15, 0.2) is 0 Å². The van der Waals surface area contributed by atoms with Crippen molar-refractivity contribution in [2.24, 2.45) is 5.73 Å². The van der Waals surface area contributed by atoms with Crippen LogP contribution in [0.25, 0.3) is 0 Å². The summed E-state index contributed by atoms with van der Waals surface area (Å²) in [5.74, 6) is -0.485. The molecule has 2 N–H and O–H groups in total. The van der Waals surface area contributed by atoms with Gasteiger partial charge in [0.2, 0.25) is 0 Å². The van der Waals surface area contributed by atoms with E-state index in [4.69, 9.17) is 10.5 Å². The number of primary amides is 1. The molecule has 2 heterocycles. The Bertz CT molecular complexity index is 730. The van der Waals surface area contributed by atoms with Crippen LogP contribution in [0.15, 0.2) is 12.3 Å². The van der Waals surface area contributed by atoms with Gasteiger partial charge in [-0.05, 0) is 27.7 Å². The molecule has 1 aliphatic heterocycles. The quantitative estimate of drug-likeness (QED) is 0.634. The number of pyridine rings is 1. The van der Waals surface area contributed by atoms with E-state index in [1.807, 2.05) is 11.8 Å². The number of hydrogen-bond donors (Lipinski definition) is 1. The van der Waals surface area contributed by atoms with Gasteiger partial charge in [-0.3, -0.25) is 14.9 Å². The van der Waals surface area contributed by atoms with E-state index in [0.29, 0.717) is 25.5 Å². The first-order valence-corrected chi connectivity index (χ1v) is 8.18. The van der Waals surface area contributed by atoms with E-state index in [0.717, 1.165) is 6.20 Å². The Kier molecular flexibility index (Phi) is 5.33. The lowest BCUT2D eigenvalue weighted by atomic mass is 10.1. The highest BCUT2D eigenvalue weighted by molar-refractivity contribution is 5.97. The first kappa shape index (κ1) is 19.4. The second kappa shape index (κ2) is 7.14. The molecule has 10 nitrogen and oxygen atoms in total. The predicted octanol–water partition coefficient (Wildman–Crippen LogP) is 1.53. The molecule has 0 aromatic carbocycles. The second-order valence-corrected chi connectivity index (χ2v) is 7.15. The summed E-state index contributed by atoms with van der Waals surface area (Å²) in [6.07, 6.45) is 0.640. The normalized spacial score (nSPS) is 17.8. The monoisotopic (exact) mass is 365 g/mol. The van der Waals surface area contributed by atoms with Gasteiger partial charge in [0.05, 0.1) is 4.92 Å². The van der Waals surface area contributed by atoms with Crippen LogP contribution >= 0.6 is 0 Å². The summed E-state index contributed by atoms with van der Waals surface area (Å²) in [7, 11) is 0. The first-order chi connectivity index (χ1) is 12.0. The fourth-order valence-corrected chi connectivity index (χ4v) is 2.73. The van der Waals surface area contributed by atoms with Crippen molar-refractivity contribution in [3.05, 3.63) is 27.9 Å². The average Bonchev–Trinajstić information content (AvgIpc) is 2.52. The number of aromatic nitrogens is 1. The zero-order valence-electron chi connectivity index (χ0n) is 15.3. The highest BCUT2D eigenvalue weighted by Gasteiger charge is 2.31. The van der Waals surface area contributed by atoms with Crippen LogP contribution in [0.1, 0.15) is 38.1 Å². The molecule has 1 aromatic rings. The van der Waals surface area contributed by atoms with Gasteiger partial charge in [-0.15, -0.1) is 0 Å². The van der Waals surface area contributed by atoms with Crippen molar-refractivity contribution in [3.8, 4) is 0 Å². The van der Waals surface area contributed by atoms with Crippen LogP contribution in [-0.2, 0) is 4.74 Å². The Morgan fingerprint density at radius 2 is 2.04 bits per heavy atom. The minimum Gasteiger partial charge on any atom is -0.444 e. The van der Waals surface area contributed by atoms with Gasteiger partial charge in [-0.25, -0.2) is 9.78 Å². The number of nitro groups is 1. The third-order valence-corrected chi connectivity index (χ3v) is 3.90. The van der Waals surface area contributed by atoms with E-state index in [1.165, 1.54) is 6.07 Å². The van der Waals surface area contributed by atoms with E-state index in [9.17, 15) is 19.7 Å². The number of ether oxygens (including phenoxy) is 1. The highest BCUT2D eigenvalue weighted by atomic mass is 16.6. The molecule has 10 heteroatoms. The van der Waals surface area contributed by atoms with Gasteiger partial charge < -0.3 is 20.3 Å². The molecule has 2 rings (SSSR count). The van der Waals surface area contributed by atoms with Crippen LogP contribution in [0.5, 0.6) is 0 Å². The predicted molar refractivity (Wildman–Crippen MR) is 94.0 cm³/mol. The topological polar surface area (TPSA) is 132 Å². The number of carbonyl (C=O) groups excluding carboxylic acids is 2. The average molecular weight is 365 g/mol. The lowest BCUT2D eigenvalue weighted by Crippen LogP contribution is -2.54. The van der Waals surface area contributed by atoms with Crippen molar-refractivity contribution in [3.63, 3.8) is 0 Å². The summed E-state index contributed by atoms with van der Waals surface area (Å²) in [6.45, 7) is 8.56. The molecule has 26 heavy (non-hydrogen) atoms. The number of carbonyl (C=O) groups is 2. The Hall–Kier alpha value is -2.91. The Morgan fingerprint density at radius 1 is 1.38 bits per heavy atom. The SMILES string of the molecule is CC1CN(C(=O)OC(C)(C)C)CCN1c1cc(C(N)=O)c([N+](=O)[O-])cn1. The standard InChI is InChI=1S/C16H23N5O5/c1-10-9-19(15(23)26-16(2,3)4)5-6-20(10)13-7-11(14(17)22)12(8-18-13)21(24)25/h7-8,10H,5-6,9H2,1-4H3,(H2,17,22). The van der Waals surface area contributed by atoms with Gasteiger partial charge >= 0.3 is 6.09 Å². The maximum Gasteiger partial charge on any atom is 0.410 e. The molecule has 2 amide bonds. The number of nitrogens with zero attached hydrogens (tertiary/aromatic N) is 4. The molecule has 1 aromatic heterocycles. The van der Waals surface area contributed by atoms with Crippen molar-refractivity contribution in [2.45, 2.75) is 39.3 Å². The molecular formula is C16H23N5O5. The molecule has 0 spiro atoms. The van der Waals surface area contributed by atoms with Crippen LogP contribution in [-0.4, -0.2) is 58.1 Å². The highest BCUT2D eigenvalue weighted by Crippen LogP contribution is 2.25. The number of nitrogens with two attached hydrogens (primary N) is 1. The Labute approximate surface area is 151 Å². The zero-order chi connectivity index (χ0) is 19.6. The molecular weight excluding hydrogens is 342 g/mol. The summed E-state index contributed by atoms with van der Waals surface area (Å²) >= 11 is 0. The molecule has 0 saturated carbocycles. The lowest BCUT2D eigenvalue weighted by molar-refractivity contribution is -0.385. The number of amides is 2. The summed E-state index contributed by atoms with van der Waals surface area (Å²) in [5.41, 5.74) is 4.05. The molecule has 1 unspecified atom stereocenters. The van der Waals surface area contributed by atoms with E-state index in [1.54, 1.807) is 25.7 Å². The molecule has 0 aliphatic carbocycles. The molecule has 1 atom stereocenters. The fraction of sp³-hybridized carbons (Fsp3) is 0.562. The summed E-state index contributed by atoms with van der Waals surface area (Å²) in [6, 6.07) is 1.20. The van der Waals surface area contributed by atoms with E-state index in [-0.39, 0.29) is 11.6 Å². The van der Waals surface area contributed by atoms with E-state index in [2.05, 4.69) is 4.98 Å². The summed E-state index contributed by atoms with van der Waals surface area (Å²) in [4.78, 5) is 41.6. The molecule has 0 radical (unpaired) electrons. The van der Waals surface area contributed by atoms with Gasteiger partial charge in [0.1, 0.15) is 23.2 Å². The van der Waals surface area contributed by atoms with E-state index >= 15 is 0 Å². The fourth-order valence-electron chi connectivity index (χ4n) is 2.73. The third kappa shape index (κ3) is 4.38. The minimum absolute atomic E-state index is 0.119. The molecule has 142 valence electrons. The second-order valence-electron chi connectivity index (χ2n) is 7.15. The third-order valence-electron chi connectivity index (χ3n) is 3.90. The molecule has 1 saturated heterocycles. The van der Waals surface area contributed by atoms with Crippen LogP contribution in [0.4, 0.5) is 16.3 Å². The van der Waals surface area contributed by atoms with Gasteiger partial charge in [-0.2, -0.15) is 0 Å². The van der Waals surface area contributed by atoms with Crippen molar-refractivity contribution >= 4 is 23.5 Å². The maximum atomic E-state index is 12.2. The summed E-state index contributed by atoms with van der Waals surface area (Å²) in [5, 5.41) is 11.0. The molecule has 1 aliphatic rings. The maximum absolute atomic E-state index is 12.2. The minimum atomic E-state index is -0.889. The van der Waals surface area contributed by atoms with Crippen molar-refractivity contribution < 1.29 is 19.2 Å². The van der Waals surface area contributed by atoms with Crippen LogP contribution < -0.4 is 10.6 Å². The number of hydrogen-bond acceptors (Lipinski definition) is 7. The van der Waals surface area contributed by atoms with E-state index < -0.39 is 28.2 Å². The largest absolute Gasteiger partial charge is 0.444 e. The molecule has 0 bridgehead atoms. The van der Waals surface area contributed by atoms with Crippen molar-refractivity contribution in [2.75, 3.05) is 24.5 Å². The van der Waals surface area contributed by atoms with Gasteiger partial charge in [0, 0.05) is 31.7 Å². The zero-order valence-corrected chi connectivity index (χ0v) is 15.3. The first-order valence-electron chi connectivity index (χ1n) is 8.18. The van der Waals surface area contributed by atoms with Crippen LogP contribution in [0.2, 0.25) is 0 Å². The number of piperazine rings is 1. The smallest absolute Gasteiger partial charge is 0.410 e. The molecule has 1 fully saturated rings. The van der Waals surface area contributed by atoms with Crippen molar-refractivity contribution in [1.82, 2.24) is 9.88 Å². The van der Waals surface area contributed by atoms with Crippen molar-refractivity contribution in [1.29, 1.82) is 0 Å². The number of anilines is 1. The van der Waals surface area contributed by atoms with Crippen LogP contribution in [0, 0.1) is 10.1 Å². The number of rotatable bonds is 3. The van der Waals surface area contributed by atoms with Gasteiger partial charge in [0.25, 0.3) is 11.6 Å². The summed E-state index contributed by atoms with van der Waals surface area (Å²) < 4.78 is 5.38. The Morgan fingerprint density at radius 3 is 2.54 bits per heavy atom. The van der Waals surface area contributed by atoms with Gasteiger partial charge in [-0.1, -0.05) is 0 Å².